The number of nitrogens with zero attached hydrogens (tertiary/aromatic N) is 2. The summed E-state index contributed by atoms with van der Waals surface area (Å²) >= 11 is 11.7. The van der Waals surface area contributed by atoms with Crippen molar-refractivity contribution in [1.29, 1.82) is 0 Å². The summed E-state index contributed by atoms with van der Waals surface area (Å²) in [5.41, 5.74) is 1.00. The highest BCUT2D eigenvalue weighted by molar-refractivity contribution is 6.42. The fraction of sp³-hybridized carbons (Fsp3) is 0.182. The van der Waals surface area contributed by atoms with E-state index < -0.39 is 0 Å². The average molecular weight is 257 g/mol. The Morgan fingerprint density at radius 3 is 2.62 bits per heavy atom. The van der Waals surface area contributed by atoms with Crippen molar-refractivity contribution in [2.75, 3.05) is 0 Å². The summed E-state index contributed by atoms with van der Waals surface area (Å²) in [6.07, 6.45) is 2.17. The number of hydrogen-bond donors (Lipinski definition) is 1. The number of imidazole rings is 1. The summed E-state index contributed by atoms with van der Waals surface area (Å²) < 4.78 is 1.78. The van der Waals surface area contributed by atoms with E-state index in [-0.39, 0.29) is 5.88 Å². The molecule has 16 heavy (non-hydrogen) atoms. The molecule has 0 unspecified atom stereocenters. The summed E-state index contributed by atoms with van der Waals surface area (Å²) in [4.78, 5) is 4.00. The van der Waals surface area contributed by atoms with Gasteiger partial charge in [0.25, 0.3) is 0 Å². The van der Waals surface area contributed by atoms with Gasteiger partial charge in [0.2, 0.25) is 5.88 Å². The Balaban J connectivity index is 2.27. The lowest BCUT2D eigenvalue weighted by Gasteiger charge is -2.03. The van der Waals surface area contributed by atoms with Crippen molar-refractivity contribution in [2.24, 2.45) is 7.05 Å². The summed E-state index contributed by atoms with van der Waals surface area (Å²) in [5, 5.41) is 10.3. The molecule has 1 aromatic carbocycles. The van der Waals surface area contributed by atoms with E-state index in [4.69, 9.17) is 23.2 Å². The van der Waals surface area contributed by atoms with Crippen LogP contribution in [0.1, 0.15) is 11.4 Å². The van der Waals surface area contributed by atoms with Crippen LogP contribution >= 0.6 is 23.2 Å². The van der Waals surface area contributed by atoms with Gasteiger partial charge in [-0.1, -0.05) is 29.3 Å². The van der Waals surface area contributed by atoms with Crippen LogP contribution in [-0.2, 0) is 13.5 Å². The molecular formula is C11H10Cl2N2O. The summed E-state index contributed by atoms with van der Waals surface area (Å²) in [6, 6.07) is 5.44. The third-order valence-corrected chi connectivity index (χ3v) is 3.05. The normalized spacial score (nSPS) is 10.7. The molecule has 0 aliphatic heterocycles. The van der Waals surface area contributed by atoms with Crippen LogP contribution in [0.4, 0.5) is 0 Å². The monoisotopic (exact) mass is 256 g/mol. The third kappa shape index (κ3) is 2.31. The Hall–Kier alpha value is -1.19. The SMILES string of the molecule is Cn1cc(O)nc1Cc1ccc(Cl)c(Cl)c1. The first-order valence-electron chi connectivity index (χ1n) is 4.71. The molecule has 84 valence electrons. The number of aromatic hydroxyl groups is 1. The lowest BCUT2D eigenvalue weighted by molar-refractivity contribution is 0.455. The zero-order valence-corrected chi connectivity index (χ0v) is 10.1. The molecule has 5 heteroatoms. The van der Waals surface area contributed by atoms with Crippen molar-refractivity contribution in [3.63, 3.8) is 0 Å². The molecule has 1 aromatic heterocycles. The van der Waals surface area contributed by atoms with Crippen LogP contribution in [0.5, 0.6) is 5.88 Å². The van der Waals surface area contributed by atoms with Gasteiger partial charge in [0.05, 0.1) is 16.2 Å². The zero-order valence-electron chi connectivity index (χ0n) is 8.61. The van der Waals surface area contributed by atoms with Crippen molar-refractivity contribution >= 4 is 23.2 Å². The Morgan fingerprint density at radius 1 is 1.31 bits per heavy atom. The first kappa shape index (κ1) is 11.3. The molecule has 0 saturated carbocycles. The minimum Gasteiger partial charge on any atom is -0.492 e. The highest BCUT2D eigenvalue weighted by Gasteiger charge is 2.06. The molecule has 1 heterocycles. The topological polar surface area (TPSA) is 38.0 Å². The second-order valence-electron chi connectivity index (χ2n) is 3.55. The van der Waals surface area contributed by atoms with Crippen LogP contribution in [-0.4, -0.2) is 14.7 Å². The predicted octanol–water partition coefficient (Wildman–Crippen LogP) is 3.02. The number of benzene rings is 1. The molecule has 1 N–H and O–H groups in total. The molecule has 0 saturated heterocycles. The van der Waals surface area contributed by atoms with Crippen LogP contribution in [0, 0.1) is 0 Å². The van der Waals surface area contributed by atoms with Crippen molar-refractivity contribution in [2.45, 2.75) is 6.42 Å². The Labute approximate surface area is 103 Å². The molecule has 3 nitrogen and oxygen atoms in total. The molecule has 2 rings (SSSR count). The predicted molar refractivity (Wildman–Crippen MR) is 64.1 cm³/mol. The second kappa shape index (κ2) is 4.36. The molecule has 0 fully saturated rings. The summed E-state index contributed by atoms with van der Waals surface area (Å²) in [5.74, 6) is 0.799. The number of aryl methyl sites for hydroxylation is 1. The van der Waals surface area contributed by atoms with Gasteiger partial charge in [-0.3, -0.25) is 0 Å². The van der Waals surface area contributed by atoms with Gasteiger partial charge < -0.3 is 9.67 Å². The van der Waals surface area contributed by atoms with Gasteiger partial charge in [0, 0.05) is 13.5 Å². The van der Waals surface area contributed by atoms with E-state index in [2.05, 4.69) is 4.98 Å². The first-order valence-corrected chi connectivity index (χ1v) is 5.47. The quantitative estimate of drug-likeness (QED) is 0.897. The van der Waals surface area contributed by atoms with Crippen LogP contribution in [0.25, 0.3) is 0 Å². The lowest BCUT2D eigenvalue weighted by atomic mass is 10.1. The van der Waals surface area contributed by atoms with E-state index in [9.17, 15) is 5.11 Å². The zero-order chi connectivity index (χ0) is 11.7. The standard InChI is InChI=1S/C11H10Cl2N2O/c1-15-6-11(16)14-10(15)5-7-2-3-8(12)9(13)4-7/h2-4,6,16H,5H2,1H3. The maximum absolute atomic E-state index is 9.23. The Morgan fingerprint density at radius 2 is 2.06 bits per heavy atom. The number of hydrogen-bond acceptors (Lipinski definition) is 2. The summed E-state index contributed by atoms with van der Waals surface area (Å²) in [7, 11) is 1.83. The maximum Gasteiger partial charge on any atom is 0.229 e. The third-order valence-electron chi connectivity index (χ3n) is 2.31. The number of aromatic nitrogens is 2. The molecule has 0 bridgehead atoms. The second-order valence-corrected chi connectivity index (χ2v) is 4.37. The van der Waals surface area contributed by atoms with E-state index in [1.165, 1.54) is 0 Å². The number of halogens is 2. The van der Waals surface area contributed by atoms with Gasteiger partial charge in [-0.2, -0.15) is 4.98 Å². The van der Waals surface area contributed by atoms with E-state index in [0.717, 1.165) is 11.4 Å². The lowest BCUT2D eigenvalue weighted by Crippen LogP contribution is -1.98. The molecular weight excluding hydrogens is 247 g/mol. The van der Waals surface area contributed by atoms with Gasteiger partial charge in [-0.25, -0.2) is 0 Å². The van der Waals surface area contributed by atoms with E-state index in [0.29, 0.717) is 16.5 Å². The molecule has 0 aliphatic carbocycles. The van der Waals surface area contributed by atoms with Crippen molar-refractivity contribution < 1.29 is 5.11 Å². The summed E-state index contributed by atoms with van der Waals surface area (Å²) in [6.45, 7) is 0. The highest BCUT2D eigenvalue weighted by atomic mass is 35.5. The first-order chi connectivity index (χ1) is 7.56. The van der Waals surface area contributed by atoms with Crippen LogP contribution in [0.3, 0.4) is 0 Å². The Bertz CT molecular complexity index is 523. The molecule has 2 aromatic rings. The maximum atomic E-state index is 9.23. The average Bonchev–Trinajstić information content (AvgIpc) is 2.51. The number of rotatable bonds is 2. The van der Waals surface area contributed by atoms with Crippen molar-refractivity contribution in [3.8, 4) is 5.88 Å². The molecule has 0 aliphatic rings. The smallest absolute Gasteiger partial charge is 0.229 e. The van der Waals surface area contributed by atoms with Crippen LogP contribution < -0.4 is 0 Å². The van der Waals surface area contributed by atoms with Crippen LogP contribution in [0.15, 0.2) is 24.4 Å². The Kier molecular flexibility index (Phi) is 3.08. The van der Waals surface area contributed by atoms with Gasteiger partial charge in [-0.05, 0) is 17.7 Å². The highest BCUT2D eigenvalue weighted by Crippen LogP contribution is 2.23. The van der Waals surface area contributed by atoms with Gasteiger partial charge in [0.1, 0.15) is 5.82 Å². The van der Waals surface area contributed by atoms with Gasteiger partial charge >= 0.3 is 0 Å². The molecule has 0 atom stereocenters. The molecule has 0 radical (unpaired) electrons. The van der Waals surface area contributed by atoms with E-state index in [1.54, 1.807) is 22.9 Å². The minimum atomic E-state index is 0.0255. The van der Waals surface area contributed by atoms with Crippen LogP contribution in [0.2, 0.25) is 10.0 Å². The van der Waals surface area contributed by atoms with Crippen molar-refractivity contribution in [3.05, 3.63) is 45.8 Å². The fourth-order valence-corrected chi connectivity index (χ4v) is 1.80. The van der Waals surface area contributed by atoms with Crippen molar-refractivity contribution in [1.82, 2.24) is 9.55 Å². The largest absolute Gasteiger partial charge is 0.492 e. The van der Waals surface area contributed by atoms with E-state index >= 15 is 0 Å². The fourth-order valence-electron chi connectivity index (χ4n) is 1.48. The minimum absolute atomic E-state index is 0.0255. The van der Waals surface area contributed by atoms with Gasteiger partial charge in [0.15, 0.2) is 0 Å². The van der Waals surface area contributed by atoms with Gasteiger partial charge in [-0.15, -0.1) is 0 Å². The molecule has 0 spiro atoms. The van der Waals surface area contributed by atoms with E-state index in [1.807, 2.05) is 13.1 Å². The molecule has 0 amide bonds.